The summed E-state index contributed by atoms with van der Waals surface area (Å²) in [4.78, 5) is 10.4. The summed E-state index contributed by atoms with van der Waals surface area (Å²) in [7, 11) is 0. The van der Waals surface area contributed by atoms with E-state index in [0.717, 1.165) is 55.2 Å². The summed E-state index contributed by atoms with van der Waals surface area (Å²) >= 11 is 0. The maximum absolute atomic E-state index is 5.28. The van der Waals surface area contributed by atoms with Gasteiger partial charge < -0.3 is 4.57 Å². The van der Waals surface area contributed by atoms with Gasteiger partial charge in [0.15, 0.2) is 5.82 Å². The van der Waals surface area contributed by atoms with E-state index in [0.29, 0.717) is 11.6 Å². The van der Waals surface area contributed by atoms with Gasteiger partial charge >= 0.3 is 0 Å². The monoisotopic (exact) mass is 661 g/mol. The van der Waals surface area contributed by atoms with Crippen molar-refractivity contribution in [2.24, 2.45) is 0 Å². The summed E-state index contributed by atoms with van der Waals surface area (Å²) in [6.45, 7) is 0. The lowest BCUT2D eigenvalue weighted by Gasteiger charge is -2.15. The summed E-state index contributed by atoms with van der Waals surface area (Å²) < 4.78 is 4.35. The molecule has 0 saturated heterocycles. The van der Waals surface area contributed by atoms with Crippen LogP contribution in [0.5, 0.6) is 0 Å². The van der Waals surface area contributed by atoms with Crippen LogP contribution in [0.4, 0.5) is 0 Å². The Morgan fingerprint density at radius 1 is 0.404 bits per heavy atom. The molecule has 11 aromatic rings. The Labute approximate surface area is 297 Å². The van der Waals surface area contributed by atoms with Crippen LogP contribution in [-0.2, 0) is 0 Å². The fourth-order valence-corrected chi connectivity index (χ4v) is 8.74. The van der Waals surface area contributed by atoms with Crippen molar-refractivity contribution in [3.05, 3.63) is 164 Å². The van der Waals surface area contributed by atoms with Gasteiger partial charge in [0.2, 0.25) is 0 Å². The van der Waals surface area contributed by atoms with Crippen molar-refractivity contribution in [3.63, 3.8) is 0 Å². The molecule has 52 heavy (non-hydrogen) atoms. The van der Waals surface area contributed by atoms with Crippen molar-refractivity contribution in [1.29, 1.82) is 0 Å². The quantitative estimate of drug-likeness (QED) is 0.177. The number of hydrogen-bond donors (Lipinski definition) is 0. The average molecular weight is 662 g/mol. The van der Waals surface area contributed by atoms with Crippen LogP contribution in [0, 0.1) is 0 Å². The molecule has 0 aliphatic heterocycles. The van der Waals surface area contributed by atoms with Gasteiger partial charge in [0.05, 0.1) is 27.9 Å². The molecule has 3 heterocycles. The van der Waals surface area contributed by atoms with Gasteiger partial charge in [-0.3, -0.25) is 0 Å². The van der Waals surface area contributed by atoms with Gasteiger partial charge in [-0.1, -0.05) is 133 Å². The molecular weight excluding hydrogens is 635 g/mol. The second-order valence-corrected chi connectivity index (χ2v) is 13.6. The number of benzene rings is 8. The number of rotatable bonds is 3. The van der Waals surface area contributed by atoms with Crippen molar-refractivity contribution >= 4 is 60.0 Å². The second kappa shape index (κ2) is 10.2. The van der Waals surface area contributed by atoms with Crippen molar-refractivity contribution in [2.75, 3.05) is 0 Å². The highest BCUT2D eigenvalue weighted by Gasteiger charge is 2.26. The van der Waals surface area contributed by atoms with Gasteiger partial charge in [-0.05, 0) is 68.7 Å². The number of para-hydroxylation sites is 1. The molecule has 12 rings (SSSR count). The Morgan fingerprint density at radius 3 is 1.92 bits per heavy atom. The van der Waals surface area contributed by atoms with Crippen LogP contribution in [0.2, 0.25) is 0 Å². The molecule has 0 N–H and O–H groups in total. The van der Waals surface area contributed by atoms with Crippen LogP contribution in [-0.4, -0.2) is 24.1 Å². The summed E-state index contributed by atoms with van der Waals surface area (Å²) in [5.41, 5.74) is 12.3. The molecule has 0 bridgehead atoms. The van der Waals surface area contributed by atoms with Crippen LogP contribution in [0.3, 0.4) is 0 Å². The molecule has 5 nitrogen and oxygen atoms in total. The zero-order valence-electron chi connectivity index (χ0n) is 27.8. The van der Waals surface area contributed by atoms with Crippen LogP contribution in [0.1, 0.15) is 0 Å². The maximum Gasteiger partial charge on any atom is 0.253 e. The zero-order valence-corrected chi connectivity index (χ0v) is 27.8. The van der Waals surface area contributed by atoms with Gasteiger partial charge in [0.25, 0.3) is 5.78 Å². The smallest absolute Gasteiger partial charge is 0.253 e. The lowest BCUT2D eigenvalue weighted by molar-refractivity contribution is 0.991. The van der Waals surface area contributed by atoms with Crippen LogP contribution >= 0.6 is 0 Å². The molecule has 0 atom stereocenters. The van der Waals surface area contributed by atoms with E-state index < -0.39 is 0 Å². The van der Waals surface area contributed by atoms with E-state index in [4.69, 9.17) is 15.1 Å². The molecule has 0 unspecified atom stereocenters. The number of aromatic nitrogens is 5. The Bertz CT molecular complexity index is 3300. The standard InChI is InChI=1S/C47H27N5/c1-2-13-30(14-3-1)44-37-26-24-28-12-4-5-16-31(28)45(37)52-47(48-44)49-46(50-52)36-19-8-9-22-38(36)51-39-23-11-21-35-33-18-7-6-17-32(33)34-20-10-15-29-25-27-40(51)43(41(29)34)42(35)39/h1-27H. The van der Waals surface area contributed by atoms with E-state index in [1.54, 1.807) is 0 Å². The van der Waals surface area contributed by atoms with E-state index in [-0.39, 0.29) is 0 Å². The molecule has 1 aliphatic carbocycles. The lowest BCUT2D eigenvalue weighted by atomic mass is 9.93. The molecule has 1 aliphatic rings. The second-order valence-electron chi connectivity index (χ2n) is 13.6. The molecule has 0 amide bonds. The Balaban J connectivity index is 1.18. The summed E-state index contributed by atoms with van der Waals surface area (Å²) in [5.74, 6) is 1.20. The molecule has 0 spiro atoms. The van der Waals surface area contributed by atoms with Crippen LogP contribution < -0.4 is 0 Å². The van der Waals surface area contributed by atoms with E-state index in [2.05, 4.69) is 162 Å². The van der Waals surface area contributed by atoms with Crippen molar-refractivity contribution < 1.29 is 0 Å². The van der Waals surface area contributed by atoms with Crippen LogP contribution in [0.15, 0.2) is 164 Å². The first-order chi connectivity index (χ1) is 25.8. The highest BCUT2D eigenvalue weighted by Crippen LogP contribution is 2.50. The van der Waals surface area contributed by atoms with Crippen molar-refractivity contribution in [2.45, 2.75) is 0 Å². The van der Waals surface area contributed by atoms with Gasteiger partial charge in [-0.15, -0.1) is 5.10 Å². The van der Waals surface area contributed by atoms with Gasteiger partial charge in [0, 0.05) is 32.7 Å². The van der Waals surface area contributed by atoms with Crippen molar-refractivity contribution in [3.8, 4) is 50.6 Å². The third kappa shape index (κ3) is 3.64. The molecule has 0 radical (unpaired) electrons. The third-order valence-corrected chi connectivity index (χ3v) is 10.9. The van der Waals surface area contributed by atoms with Crippen molar-refractivity contribution in [1.82, 2.24) is 24.1 Å². The summed E-state index contributed by atoms with van der Waals surface area (Å²) in [5, 5.41) is 13.7. The molecule has 3 aromatic heterocycles. The highest BCUT2D eigenvalue weighted by molar-refractivity contribution is 6.30. The maximum atomic E-state index is 5.28. The molecule has 0 fully saturated rings. The fraction of sp³-hybridized carbons (Fsp3) is 0. The number of hydrogen-bond acceptors (Lipinski definition) is 3. The Kier molecular flexibility index (Phi) is 5.44. The highest BCUT2D eigenvalue weighted by atomic mass is 15.3. The molecule has 5 heteroatoms. The lowest BCUT2D eigenvalue weighted by Crippen LogP contribution is -1.99. The fourth-order valence-electron chi connectivity index (χ4n) is 8.74. The first-order valence-corrected chi connectivity index (χ1v) is 17.6. The van der Waals surface area contributed by atoms with Gasteiger partial charge in [0.1, 0.15) is 0 Å². The van der Waals surface area contributed by atoms with Gasteiger partial charge in [-0.25, -0.2) is 4.98 Å². The predicted octanol–water partition coefficient (Wildman–Crippen LogP) is 11.7. The summed E-state index contributed by atoms with van der Waals surface area (Å²) in [6.07, 6.45) is 0. The topological polar surface area (TPSA) is 48.0 Å². The SMILES string of the molecule is c1ccc(-c2nc3nc(-c4ccccc4-n4c5cccc6c5c5c7c(cccc7ccc54)-c4ccccc4-6)nn3c3c2ccc2ccccc23)cc1. The minimum absolute atomic E-state index is 0.568. The minimum atomic E-state index is 0.568. The number of fused-ring (bicyclic) bond motifs is 8. The first-order valence-electron chi connectivity index (χ1n) is 17.6. The first kappa shape index (κ1) is 27.7. The largest absolute Gasteiger partial charge is 0.308 e. The zero-order chi connectivity index (χ0) is 33.9. The van der Waals surface area contributed by atoms with E-state index in [9.17, 15) is 0 Å². The Morgan fingerprint density at radius 2 is 1.06 bits per heavy atom. The van der Waals surface area contributed by atoms with Gasteiger partial charge in [-0.2, -0.15) is 9.50 Å². The Hall–Kier alpha value is -7.11. The molecule has 8 aromatic carbocycles. The normalized spacial score (nSPS) is 12.2. The third-order valence-electron chi connectivity index (χ3n) is 10.9. The number of nitrogens with zero attached hydrogens (tertiary/aromatic N) is 5. The van der Waals surface area contributed by atoms with E-state index >= 15 is 0 Å². The molecular formula is C47H27N5. The summed E-state index contributed by atoms with van der Waals surface area (Å²) in [6, 6.07) is 58.5. The molecule has 240 valence electrons. The average Bonchev–Trinajstić information content (AvgIpc) is 3.76. The van der Waals surface area contributed by atoms with E-state index in [1.807, 2.05) is 10.6 Å². The minimum Gasteiger partial charge on any atom is -0.308 e. The van der Waals surface area contributed by atoms with Crippen LogP contribution in [0.25, 0.3) is 111 Å². The van der Waals surface area contributed by atoms with E-state index in [1.165, 1.54) is 43.8 Å². The predicted molar refractivity (Wildman–Crippen MR) is 213 cm³/mol. The molecule has 0 saturated carbocycles.